The zero-order valence-corrected chi connectivity index (χ0v) is 12.0. The molecule has 2 N–H and O–H groups in total. The quantitative estimate of drug-likeness (QED) is 0.871. The molecule has 1 unspecified atom stereocenters. The number of nitrogens with one attached hydrogen (secondary N) is 1. The molecule has 2 atom stereocenters. The molecule has 2 rings (SSSR count). The Hall–Kier alpha value is -2.08. The van der Waals surface area contributed by atoms with Gasteiger partial charge < -0.3 is 20.1 Å². The topological polar surface area (TPSA) is 78.9 Å². The van der Waals surface area contributed by atoms with Crippen LogP contribution in [-0.4, -0.2) is 53.8 Å². The van der Waals surface area contributed by atoms with Crippen molar-refractivity contribution < 1.29 is 19.4 Å². The van der Waals surface area contributed by atoms with Crippen LogP contribution >= 0.6 is 0 Å². The number of aliphatic carboxylic acids is 1. The van der Waals surface area contributed by atoms with Gasteiger partial charge in [-0.15, -0.1) is 0 Å². The van der Waals surface area contributed by atoms with Gasteiger partial charge in [0.15, 0.2) is 0 Å². The molecule has 1 aromatic rings. The Labute approximate surface area is 123 Å². The second-order valence-electron chi connectivity index (χ2n) is 5.16. The normalized spacial score (nSPS) is 19.9. The van der Waals surface area contributed by atoms with Gasteiger partial charge in [-0.3, -0.25) is 0 Å². The number of carboxylic acid groups (broad SMARTS) is 1. The third kappa shape index (κ3) is 4.46. The maximum Gasteiger partial charge on any atom is 0.326 e. The highest BCUT2D eigenvalue weighted by molar-refractivity contribution is 5.82. The van der Waals surface area contributed by atoms with Crippen LogP contribution in [0.25, 0.3) is 0 Å². The van der Waals surface area contributed by atoms with Crippen molar-refractivity contribution >= 4 is 12.0 Å². The Bertz CT molecular complexity index is 492. The van der Waals surface area contributed by atoms with E-state index in [4.69, 9.17) is 4.74 Å². The molecule has 6 nitrogen and oxygen atoms in total. The minimum atomic E-state index is -1.03. The van der Waals surface area contributed by atoms with Crippen LogP contribution in [0.1, 0.15) is 12.5 Å². The lowest BCUT2D eigenvalue weighted by atomic mass is 10.1. The summed E-state index contributed by atoms with van der Waals surface area (Å²) in [7, 11) is 0. The molecule has 1 aliphatic heterocycles. The summed E-state index contributed by atoms with van der Waals surface area (Å²) in [6, 6.07) is 7.97. The summed E-state index contributed by atoms with van der Waals surface area (Å²) in [5.41, 5.74) is 0.876. The van der Waals surface area contributed by atoms with Crippen LogP contribution < -0.4 is 5.32 Å². The maximum atomic E-state index is 12.1. The van der Waals surface area contributed by atoms with E-state index in [0.29, 0.717) is 19.7 Å². The number of morpholine rings is 1. The predicted molar refractivity (Wildman–Crippen MR) is 77.1 cm³/mol. The van der Waals surface area contributed by atoms with Crippen molar-refractivity contribution in [2.75, 3.05) is 19.7 Å². The summed E-state index contributed by atoms with van der Waals surface area (Å²) >= 11 is 0. The average Bonchev–Trinajstić information content (AvgIpc) is 2.47. The average molecular weight is 292 g/mol. The molecule has 1 aliphatic rings. The number of hydrogen-bond donors (Lipinski definition) is 2. The molecule has 0 saturated carbocycles. The SMILES string of the molecule is CC1CN(C(=O)N[C@@H](Cc2ccccc2)C(=O)O)CCO1. The Balaban J connectivity index is 1.96. The second-order valence-corrected chi connectivity index (χ2v) is 5.16. The lowest BCUT2D eigenvalue weighted by Crippen LogP contribution is -2.53. The van der Waals surface area contributed by atoms with Gasteiger partial charge in [-0.2, -0.15) is 0 Å². The number of carboxylic acids is 1. The highest BCUT2D eigenvalue weighted by Gasteiger charge is 2.26. The summed E-state index contributed by atoms with van der Waals surface area (Å²) in [6.07, 6.45) is 0.240. The summed E-state index contributed by atoms with van der Waals surface area (Å²) < 4.78 is 5.37. The number of carbonyl (C=O) groups is 2. The van der Waals surface area contributed by atoms with E-state index in [-0.39, 0.29) is 18.6 Å². The molecule has 114 valence electrons. The summed E-state index contributed by atoms with van der Waals surface area (Å²) in [4.78, 5) is 25.1. The molecule has 1 fully saturated rings. The van der Waals surface area contributed by atoms with Crippen molar-refractivity contribution in [3.63, 3.8) is 0 Å². The molecule has 2 amide bonds. The van der Waals surface area contributed by atoms with Crippen molar-refractivity contribution in [2.24, 2.45) is 0 Å². The molecule has 0 aliphatic carbocycles. The summed E-state index contributed by atoms with van der Waals surface area (Å²) in [5.74, 6) is -1.03. The fourth-order valence-corrected chi connectivity index (χ4v) is 2.29. The number of hydrogen-bond acceptors (Lipinski definition) is 3. The highest BCUT2D eigenvalue weighted by atomic mass is 16.5. The highest BCUT2D eigenvalue weighted by Crippen LogP contribution is 2.07. The van der Waals surface area contributed by atoms with Crippen molar-refractivity contribution in [3.05, 3.63) is 35.9 Å². The molecule has 0 aromatic heterocycles. The third-order valence-electron chi connectivity index (χ3n) is 3.41. The van der Waals surface area contributed by atoms with E-state index in [2.05, 4.69) is 5.32 Å². The first-order valence-electron chi connectivity index (χ1n) is 7.00. The third-order valence-corrected chi connectivity index (χ3v) is 3.41. The first kappa shape index (κ1) is 15.3. The Morgan fingerprint density at radius 3 is 2.76 bits per heavy atom. The maximum absolute atomic E-state index is 12.1. The summed E-state index contributed by atoms with van der Waals surface area (Å²) in [5, 5.41) is 11.9. The number of urea groups is 1. The van der Waals surface area contributed by atoms with E-state index >= 15 is 0 Å². The number of amides is 2. The smallest absolute Gasteiger partial charge is 0.326 e. The van der Waals surface area contributed by atoms with Gasteiger partial charge in [0.25, 0.3) is 0 Å². The van der Waals surface area contributed by atoms with Crippen molar-refractivity contribution in [3.8, 4) is 0 Å². The van der Waals surface area contributed by atoms with E-state index in [9.17, 15) is 14.7 Å². The lowest BCUT2D eigenvalue weighted by Gasteiger charge is -2.32. The van der Waals surface area contributed by atoms with E-state index in [1.54, 1.807) is 4.90 Å². The van der Waals surface area contributed by atoms with Crippen LogP contribution in [-0.2, 0) is 16.0 Å². The Morgan fingerprint density at radius 2 is 2.14 bits per heavy atom. The number of nitrogens with zero attached hydrogens (tertiary/aromatic N) is 1. The Kier molecular flexibility index (Phi) is 5.16. The number of ether oxygens (including phenoxy) is 1. The van der Waals surface area contributed by atoms with Crippen LogP contribution in [0.2, 0.25) is 0 Å². The molecule has 0 radical (unpaired) electrons. The van der Waals surface area contributed by atoms with Crippen LogP contribution in [0.4, 0.5) is 4.79 Å². The van der Waals surface area contributed by atoms with Gasteiger partial charge in [-0.25, -0.2) is 9.59 Å². The second kappa shape index (κ2) is 7.08. The van der Waals surface area contributed by atoms with Gasteiger partial charge in [0.2, 0.25) is 0 Å². The number of rotatable bonds is 4. The van der Waals surface area contributed by atoms with Gasteiger partial charge in [-0.05, 0) is 12.5 Å². The number of carbonyl (C=O) groups excluding carboxylic acids is 1. The first-order valence-corrected chi connectivity index (χ1v) is 7.00. The van der Waals surface area contributed by atoms with Gasteiger partial charge in [0.1, 0.15) is 6.04 Å². The van der Waals surface area contributed by atoms with Gasteiger partial charge >= 0.3 is 12.0 Å². The zero-order valence-electron chi connectivity index (χ0n) is 12.0. The standard InChI is InChI=1S/C15H20N2O4/c1-11-10-17(7-8-21-11)15(20)16-13(14(18)19)9-12-5-3-2-4-6-12/h2-6,11,13H,7-10H2,1H3,(H,16,20)(H,18,19)/t11?,13-/m0/s1. The largest absolute Gasteiger partial charge is 0.480 e. The van der Waals surface area contributed by atoms with Crippen molar-refractivity contribution in [2.45, 2.75) is 25.5 Å². The minimum absolute atomic E-state index is 0.0260. The van der Waals surface area contributed by atoms with Crippen LogP contribution in [0.15, 0.2) is 30.3 Å². The first-order chi connectivity index (χ1) is 10.1. The van der Waals surface area contributed by atoms with Crippen LogP contribution in [0, 0.1) is 0 Å². The molecule has 6 heteroatoms. The fourth-order valence-electron chi connectivity index (χ4n) is 2.29. The minimum Gasteiger partial charge on any atom is -0.480 e. The van der Waals surface area contributed by atoms with E-state index in [0.717, 1.165) is 5.56 Å². The van der Waals surface area contributed by atoms with Gasteiger partial charge in [0.05, 0.1) is 12.7 Å². The van der Waals surface area contributed by atoms with Crippen molar-refractivity contribution in [1.82, 2.24) is 10.2 Å². The van der Waals surface area contributed by atoms with E-state index in [1.807, 2.05) is 37.3 Å². The summed E-state index contributed by atoms with van der Waals surface area (Å²) in [6.45, 7) is 3.32. The van der Waals surface area contributed by atoms with Crippen molar-refractivity contribution in [1.29, 1.82) is 0 Å². The monoisotopic (exact) mass is 292 g/mol. The zero-order chi connectivity index (χ0) is 15.2. The molecule has 0 spiro atoms. The molecular weight excluding hydrogens is 272 g/mol. The Morgan fingerprint density at radius 1 is 1.43 bits per heavy atom. The van der Waals surface area contributed by atoms with Gasteiger partial charge in [-0.1, -0.05) is 30.3 Å². The molecule has 1 saturated heterocycles. The molecule has 21 heavy (non-hydrogen) atoms. The predicted octanol–water partition coefficient (Wildman–Crippen LogP) is 1.11. The van der Waals surface area contributed by atoms with Gasteiger partial charge in [0, 0.05) is 19.5 Å². The molecular formula is C15H20N2O4. The lowest BCUT2D eigenvalue weighted by molar-refractivity contribution is -0.139. The molecule has 0 bridgehead atoms. The van der Waals surface area contributed by atoms with Crippen LogP contribution in [0.3, 0.4) is 0 Å². The van der Waals surface area contributed by atoms with E-state index in [1.165, 1.54) is 0 Å². The molecule has 1 heterocycles. The van der Waals surface area contributed by atoms with Crippen LogP contribution in [0.5, 0.6) is 0 Å². The fraction of sp³-hybridized carbons (Fsp3) is 0.467. The number of benzene rings is 1. The molecule has 1 aromatic carbocycles. The van der Waals surface area contributed by atoms with E-state index < -0.39 is 12.0 Å².